The zero-order valence-corrected chi connectivity index (χ0v) is 20.7. The summed E-state index contributed by atoms with van der Waals surface area (Å²) in [6.45, 7) is 4.95. The van der Waals surface area contributed by atoms with Gasteiger partial charge in [0.2, 0.25) is 6.29 Å². The fourth-order valence-electron chi connectivity index (χ4n) is 6.19. The van der Waals surface area contributed by atoms with Crippen LogP contribution in [0.3, 0.4) is 0 Å². The Morgan fingerprint density at radius 2 is 1.76 bits per heavy atom. The zero-order valence-electron chi connectivity index (χ0n) is 20.7. The van der Waals surface area contributed by atoms with E-state index in [2.05, 4.69) is 31.2 Å². The largest absolute Gasteiger partial charge is 0.433 e. The molecule has 33 heavy (non-hydrogen) atoms. The number of benzene rings is 1. The highest BCUT2D eigenvalue weighted by molar-refractivity contribution is 5.69. The molecule has 3 saturated carbocycles. The molecule has 1 heterocycles. The highest BCUT2D eigenvalue weighted by atomic mass is 16.7. The molecular formula is C29H42O4. The molecule has 4 fully saturated rings. The van der Waals surface area contributed by atoms with Gasteiger partial charge in [0.25, 0.3) is 0 Å². The lowest BCUT2D eigenvalue weighted by atomic mass is 9.51. The summed E-state index contributed by atoms with van der Waals surface area (Å²) in [5.74, 6) is -0.238. The molecule has 1 aromatic rings. The van der Waals surface area contributed by atoms with Gasteiger partial charge in [0.1, 0.15) is 12.7 Å². The summed E-state index contributed by atoms with van der Waals surface area (Å²) in [4.78, 5) is 11.9. The first-order chi connectivity index (χ1) is 16.1. The number of ether oxygens (including phenoxy) is 3. The third-order valence-electron chi connectivity index (χ3n) is 8.49. The molecule has 0 radical (unpaired) electrons. The van der Waals surface area contributed by atoms with Gasteiger partial charge >= 0.3 is 5.97 Å². The minimum atomic E-state index is -0.598. The van der Waals surface area contributed by atoms with Crippen molar-refractivity contribution >= 4 is 5.97 Å². The molecular weight excluding hydrogens is 412 g/mol. The van der Waals surface area contributed by atoms with Crippen molar-refractivity contribution in [2.45, 2.75) is 109 Å². The van der Waals surface area contributed by atoms with Crippen LogP contribution in [0.5, 0.6) is 0 Å². The molecule has 0 aromatic heterocycles. The molecule has 1 saturated heterocycles. The van der Waals surface area contributed by atoms with Crippen molar-refractivity contribution in [1.82, 2.24) is 0 Å². The Balaban J connectivity index is 1.26. The Bertz CT molecular complexity index is 764. The summed E-state index contributed by atoms with van der Waals surface area (Å²) in [6, 6.07) is 9.11. The third kappa shape index (κ3) is 5.89. The van der Waals surface area contributed by atoms with Crippen molar-refractivity contribution < 1.29 is 19.0 Å². The van der Waals surface area contributed by atoms with Gasteiger partial charge in [-0.15, -0.1) is 0 Å². The van der Waals surface area contributed by atoms with Crippen LogP contribution in [0, 0.1) is 5.41 Å². The molecule has 1 aliphatic heterocycles. The predicted octanol–water partition coefficient (Wildman–Crippen LogP) is 7.17. The van der Waals surface area contributed by atoms with Crippen LogP contribution in [0.4, 0.5) is 0 Å². The molecule has 0 N–H and O–H groups in total. The van der Waals surface area contributed by atoms with E-state index < -0.39 is 6.29 Å². The average molecular weight is 455 g/mol. The maximum absolute atomic E-state index is 11.9. The molecule has 4 nitrogen and oxygen atoms in total. The summed E-state index contributed by atoms with van der Waals surface area (Å²) >= 11 is 0. The predicted molar refractivity (Wildman–Crippen MR) is 131 cm³/mol. The van der Waals surface area contributed by atoms with E-state index >= 15 is 0 Å². The van der Waals surface area contributed by atoms with Crippen molar-refractivity contribution in [1.29, 1.82) is 0 Å². The van der Waals surface area contributed by atoms with Crippen LogP contribution >= 0.6 is 0 Å². The summed E-state index contributed by atoms with van der Waals surface area (Å²) in [5, 5.41) is 0. The summed E-state index contributed by atoms with van der Waals surface area (Å²) in [5.41, 5.74) is 3.70. The van der Waals surface area contributed by atoms with Crippen LogP contribution in [-0.2, 0) is 24.4 Å². The van der Waals surface area contributed by atoms with Crippen molar-refractivity contribution in [2.75, 3.05) is 13.2 Å². The molecule has 2 bridgehead atoms. The number of fused-ring (bicyclic) bond motifs is 3. The first-order valence-corrected chi connectivity index (χ1v) is 13.2. The Hall–Kier alpha value is -1.65. The fourth-order valence-corrected chi connectivity index (χ4v) is 6.19. The number of carbonyl (C=O) groups is 1. The Morgan fingerprint density at radius 3 is 2.36 bits per heavy atom. The number of carbonyl (C=O) groups excluding carboxylic acids is 1. The molecule has 4 heteroatoms. The van der Waals surface area contributed by atoms with Gasteiger partial charge in [-0.05, 0) is 80.2 Å². The number of hydrogen-bond donors (Lipinski definition) is 0. The normalized spacial score (nSPS) is 31.7. The molecule has 0 amide bonds. The lowest BCUT2D eigenvalue weighted by Gasteiger charge is -2.54. The molecule has 3 aliphatic carbocycles. The monoisotopic (exact) mass is 454 g/mol. The second-order valence-electron chi connectivity index (χ2n) is 10.5. The summed E-state index contributed by atoms with van der Waals surface area (Å²) in [6.07, 6.45) is 18.1. The molecule has 1 aromatic carbocycles. The Morgan fingerprint density at radius 1 is 1.03 bits per heavy atom. The van der Waals surface area contributed by atoms with Gasteiger partial charge in [-0.2, -0.15) is 0 Å². The molecule has 0 spiro atoms. The highest BCUT2D eigenvalue weighted by Gasteiger charge is 2.48. The van der Waals surface area contributed by atoms with E-state index in [1.807, 2.05) is 19.1 Å². The van der Waals surface area contributed by atoms with Gasteiger partial charge in [0, 0.05) is 6.42 Å². The first kappa shape index (κ1) is 24.5. The lowest BCUT2D eigenvalue weighted by molar-refractivity contribution is -0.233. The maximum Gasteiger partial charge on any atom is 0.308 e. The van der Waals surface area contributed by atoms with Gasteiger partial charge in [0.05, 0.1) is 6.61 Å². The minimum absolute atomic E-state index is 0.0987. The van der Waals surface area contributed by atoms with Gasteiger partial charge < -0.3 is 14.2 Å². The minimum Gasteiger partial charge on any atom is -0.433 e. The smallest absolute Gasteiger partial charge is 0.308 e. The van der Waals surface area contributed by atoms with Gasteiger partial charge in [-0.3, -0.25) is 4.79 Å². The number of unbranched alkanes of at least 4 members (excludes halogenated alkanes) is 2. The van der Waals surface area contributed by atoms with E-state index in [0.717, 1.165) is 5.56 Å². The molecule has 182 valence electrons. The lowest BCUT2D eigenvalue weighted by Crippen LogP contribution is -2.44. The zero-order chi connectivity index (χ0) is 23.2. The number of esters is 1. The molecule has 2 atom stereocenters. The highest BCUT2D eigenvalue weighted by Crippen LogP contribution is 2.59. The van der Waals surface area contributed by atoms with Crippen LogP contribution in [0.15, 0.2) is 36.4 Å². The van der Waals surface area contributed by atoms with E-state index in [1.165, 1.54) is 69.8 Å². The Labute approximate surface area is 200 Å². The standard InChI is InChI=1S/C29H42O4/c1-3-5-7-9-26(30)33-27-22-31-25(21-32-27)23-10-12-24(13-11-23)29-18-15-28(16-19-29,17-20-29)14-8-6-4-2/h3,5,10-13,25,27H,4,6-9,14-22H2,1-2H3/t25-,27-,28?,29?/m1/s1. The topological polar surface area (TPSA) is 44.8 Å². The molecule has 4 aliphatic rings. The van der Waals surface area contributed by atoms with Gasteiger partial charge in [-0.25, -0.2) is 0 Å². The van der Waals surface area contributed by atoms with E-state index in [-0.39, 0.29) is 18.7 Å². The van der Waals surface area contributed by atoms with E-state index in [9.17, 15) is 4.79 Å². The number of rotatable bonds is 10. The van der Waals surface area contributed by atoms with Crippen molar-refractivity contribution in [3.63, 3.8) is 0 Å². The van der Waals surface area contributed by atoms with Crippen LogP contribution in [-0.4, -0.2) is 25.5 Å². The molecule has 5 rings (SSSR count). The van der Waals surface area contributed by atoms with Crippen molar-refractivity contribution in [3.8, 4) is 0 Å². The second kappa shape index (κ2) is 11.2. The third-order valence-corrected chi connectivity index (χ3v) is 8.49. The van der Waals surface area contributed by atoms with E-state index in [0.29, 0.717) is 30.3 Å². The van der Waals surface area contributed by atoms with Crippen molar-refractivity contribution in [2.24, 2.45) is 5.41 Å². The second-order valence-corrected chi connectivity index (χ2v) is 10.5. The first-order valence-electron chi connectivity index (χ1n) is 13.2. The summed E-state index contributed by atoms with van der Waals surface area (Å²) < 4.78 is 17.1. The SMILES string of the molecule is CC=CCCC(=O)O[C@@H]1CO[C@@H](c2ccc(C34CCC(CCCCC)(CC3)CC4)cc2)CO1. The average Bonchev–Trinajstić information content (AvgIpc) is 2.86. The van der Waals surface area contributed by atoms with Crippen LogP contribution in [0.25, 0.3) is 0 Å². The molecule has 0 unspecified atom stereocenters. The van der Waals surface area contributed by atoms with Gasteiger partial charge in [-0.1, -0.05) is 62.6 Å². The number of allylic oxidation sites excluding steroid dienone is 2. The van der Waals surface area contributed by atoms with Crippen LogP contribution in [0.2, 0.25) is 0 Å². The Kier molecular flexibility index (Phi) is 8.29. The maximum atomic E-state index is 11.9. The van der Waals surface area contributed by atoms with E-state index in [4.69, 9.17) is 14.2 Å². The van der Waals surface area contributed by atoms with Crippen molar-refractivity contribution in [3.05, 3.63) is 47.5 Å². The van der Waals surface area contributed by atoms with Crippen LogP contribution < -0.4 is 0 Å². The van der Waals surface area contributed by atoms with E-state index in [1.54, 1.807) is 0 Å². The number of hydrogen-bond acceptors (Lipinski definition) is 4. The fraction of sp³-hybridized carbons (Fsp3) is 0.690. The van der Waals surface area contributed by atoms with Gasteiger partial charge in [0.15, 0.2) is 0 Å². The van der Waals surface area contributed by atoms with Crippen LogP contribution in [0.1, 0.15) is 108 Å². The quantitative estimate of drug-likeness (QED) is 0.213. The summed E-state index contributed by atoms with van der Waals surface area (Å²) in [7, 11) is 0.